The molecule has 0 aromatic rings. The zero-order chi connectivity index (χ0) is 17.1. The molecule has 0 fully saturated rings. The van der Waals surface area contributed by atoms with E-state index < -0.39 is 24.0 Å². The van der Waals surface area contributed by atoms with Crippen molar-refractivity contribution in [3.63, 3.8) is 0 Å². The molecule has 0 unspecified atom stereocenters. The maximum Gasteiger partial charge on any atom is 0.306 e. The Hall–Kier alpha value is -1.91. The van der Waals surface area contributed by atoms with Gasteiger partial charge in [-0.2, -0.15) is 0 Å². The van der Waals surface area contributed by atoms with E-state index in [1.165, 1.54) is 11.1 Å². The monoisotopic (exact) mass is 310 g/mol. The maximum absolute atomic E-state index is 11.9. The summed E-state index contributed by atoms with van der Waals surface area (Å²) in [5, 5.41) is 0. The van der Waals surface area contributed by atoms with E-state index in [0.717, 1.165) is 26.7 Å². The third-order valence-electron chi connectivity index (χ3n) is 2.78. The number of hydrogen-bond donors (Lipinski definition) is 0. The van der Waals surface area contributed by atoms with Gasteiger partial charge in [-0.25, -0.2) is 0 Å². The van der Waals surface area contributed by atoms with Gasteiger partial charge in [0.15, 0.2) is 0 Å². The van der Waals surface area contributed by atoms with Crippen LogP contribution in [0.3, 0.4) is 0 Å². The minimum atomic E-state index is -1.44. The molecular weight excluding hydrogens is 284 g/mol. The van der Waals surface area contributed by atoms with Crippen LogP contribution in [0.15, 0.2) is 23.3 Å². The fourth-order valence-electron chi connectivity index (χ4n) is 1.73. The molecule has 0 saturated heterocycles. The first-order valence-corrected chi connectivity index (χ1v) is 7.38. The van der Waals surface area contributed by atoms with E-state index in [9.17, 15) is 14.4 Å². The van der Waals surface area contributed by atoms with Gasteiger partial charge in [0.05, 0.1) is 0 Å². The van der Waals surface area contributed by atoms with Gasteiger partial charge in [0.2, 0.25) is 5.78 Å². The van der Waals surface area contributed by atoms with E-state index in [-0.39, 0.29) is 6.42 Å². The van der Waals surface area contributed by atoms with Crippen LogP contribution in [0.4, 0.5) is 0 Å². The Labute approximate surface area is 132 Å². The van der Waals surface area contributed by atoms with Crippen molar-refractivity contribution >= 4 is 17.7 Å². The maximum atomic E-state index is 11.9. The summed E-state index contributed by atoms with van der Waals surface area (Å²) in [6.45, 7) is 8.46. The highest BCUT2D eigenvalue weighted by Gasteiger charge is 2.23. The molecule has 0 N–H and O–H groups in total. The van der Waals surface area contributed by atoms with E-state index >= 15 is 0 Å². The van der Waals surface area contributed by atoms with Crippen molar-refractivity contribution in [3.8, 4) is 0 Å². The SMILES string of the molecule is CC(=O)OC(OC(C)=O)C(=O)CC/C=C(\C)CCC=C(C)C. The van der Waals surface area contributed by atoms with Gasteiger partial charge in [0.1, 0.15) is 0 Å². The quantitative estimate of drug-likeness (QED) is 0.370. The van der Waals surface area contributed by atoms with Crippen LogP contribution in [-0.4, -0.2) is 24.0 Å². The Kier molecular flexibility index (Phi) is 9.83. The summed E-state index contributed by atoms with van der Waals surface area (Å²) in [7, 11) is 0. The van der Waals surface area contributed by atoms with E-state index in [1.807, 2.05) is 13.0 Å². The number of ether oxygens (including phenoxy) is 2. The molecule has 0 aliphatic rings. The zero-order valence-corrected chi connectivity index (χ0v) is 14.1. The molecule has 5 nitrogen and oxygen atoms in total. The summed E-state index contributed by atoms with van der Waals surface area (Å²) in [6, 6.07) is 0. The molecule has 22 heavy (non-hydrogen) atoms. The fourth-order valence-corrected chi connectivity index (χ4v) is 1.73. The van der Waals surface area contributed by atoms with E-state index in [1.54, 1.807) is 0 Å². The van der Waals surface area contributed by atoms with Gasteiger partial charge in [-0.15, -0.1) is 0 Å². The van der Waals surface area contributed by atoms with E-state index in [0.29, 0.717) is 6.42 Å². The molecular formula is C17H26O5. The average molecular weight is 310 g/mol. The lowest BCUT2D eigenvalue weighted by Gasteiger charge is -2.14. The van der Waals surface area contributed by atoms with Crippen molar-refractivity contribution < 1.29 is 23.9 Å². The summed E-state index contributed by atoms with van der Waals surface area (Å²) in [6.07, 6.45) is 5.31. The molecule has 5 heteroatoms. The molecule has 0 aliphatic carbocycles. The Balaban J connectivity index is 4.34. The van der Waals surface area contributed by atoms with Crippen LogP contribution < -0.4 is 0 Å². The molecule has 0 aliphatic heterocycles. The van der Waals surface area contributed by atoms with E-state index in [2.05, 4.69) is 19.9 Å². The molecule has 0 saturated carbocycles. The number of ketones is 1. The van der Waals surface area contributed by atoms with Crippen LogP contribution in [0, 0.1) is 0 Å². The first-order chi connectivity index (χ1) is 10.2. The predicted octanol–water partition coefficient (Wildman–Crippen LogP) is 3.48. The first-order valence-electron chi connectivity index (χ1n) is 7.38. The second kappa shape index (κ2) is 10.8. The largest absolute Gasteiger partial charge is 0.418 e. The average Bonchev–Trinajstić information content (AvgIpc) is 2.36. The third kappa shape index (κ3) is 10.8. The molecule has 0 heterocycles. The normalized spacial score (nSPS) is 11.1. The summed E-state index contributed by atoms with van der Waals surface area (Å²) < 4.78 is 9.42. The highest BCUT2D eigenvalue weighted by atomic mass is 16.7. The lowest BCUT2D eigenvalue weighted by atomic mass is 10.1. The summed E-state index contributed by atoms with van der Waals surface area (Å²) in [5.41, 5.74) is 2.48. The number of Topliss-reactive ketones (excluding diaryl/α,β-unsaturated/α-hetero) is 1. The minimum absolute atomic E-state index is 0.158. The highest BCUT2D eigenvalue weighted by Crippen LogP contribution is 2.10. The Bertz CT molecular complexity index is 440. The smallest absolute Gasteiger partial charge is 0.306 e. The number of rotatable bonds is 9. The van der Waals surface area contributed by atoms with Crippen LogP contribution in [0.2, 0.25) is 0 Å². The first kappa shape index (κ1) is 20.1. The summed E-state index contributed by atoms with van der Waals surface area (Å²) in [4.78, 5) is 33.7. The number of esters is 2. The van der Waals surface area contributed by atoms with E-state index in [4.69, 9.17) is 9.47 Å². The number of carbonyl (C=O) groups excluding carboxylic acids is 3. The number of carbonyl (C=O) groups is 3. The van der Waals surface area contributed by atoms with Crippen molar-refractivity contribution in [2.45, 2.75) is 66.6 Å². The molecule has 0 radical (unpaired) electrons. The fraction of sp³-hybridized carbons (Fsp3) is 0.588. The molecule has 0 aromatic heterocycles. The molecule has 0 atom stereocenters. The van der Waals surface area contributed by atoms with Crippen molar-refractivity contribution in [2.75, 3.05) is 0 Å². The number of hydrogen-bond acceptors (Lipinski definition) is 5. The Morgan fingerprint density at radius 3 is 1.77 bits per heavy atom. The third-order valence-corrected chi connectivity index (χ3v) is 2.78. The van der Waals surface area contributed by atoms with Crippen LogP contribution in [0.25, 0.3) is 0 Å². The van der Waals surface area contributed by atoms with Crippen molar-refractivity contribution in [2.24, 2.45) is 0 Å². The van der Waals surface area contributed by atoms with Crippen molar-refractivity contribution in [1.29, 1.82) is 0 Å². The number of allylic oxidation sites excluding steroid dienone is 4. The molecule has 0 rings (SSSR count). The highest BCUT2D eigenvalue weighted by molar-refractivity contribution is 5.86. The predicted molar refractivity (Wildman–Crippen MR) is 84.0 cm³/mol. The van der Waals surface area contributed by atoms with Crippen molar-refractivity contribution in [1.82, 2.24) is 0 Å². The van der Waals surface area contributed by atoms with Crippen LogP contribution in [0.1, 0.15) is 60.3 Å². The van der Waals surface area contributed by atoms with Gasteiger partial charge < -0.3 is 9.47 Å². The topological polar surface area (TPSA) is 69.7 Å². The molecule has 0 spiro atoms. The van der Waals surface area contributed by atoms with Crippen LogP contribution in [0.5, 0.6) is 0 Å². The van der Waals surface area contributed by atoms with Crippen molar-refractivity contribution in [3.05, 3.63) is 23.3 Å². The minimum Gasteiger partial charge on any atom is -0.418 e. The van der Waals surface area contributed by atoms with Crippen LogP contribution in [-0.2, 0) is 23.9 Å². The Morgan fingerprint density at radius 2 is 1.32 bits per heavy atom. The van der Waals surface area contributed by atoms with Gasteiger partial charge in [-0.05, 0) is 40.0 Å². The van der Waals surface area contributed by atoms with Gasteiger partial charge in [-0.3, -0.25) is 14.4 Å². The Morgan fingerprint density at radius 1 is 0.818 bits per heavy atom. The molecule has 124 valence electrons. The van der Waals surface area contributed by atoms with Gasteiger partial charge in [0, 0.05) is 20.3 Å². The molecule has 0 aromatic carbocycles. The standard InChI is InChI=1S/C17H26O5/c1-12(2)8-6-9-13(3)10-7-11-16(20)17(21-14(4)18)22-15(5)19/h8,10,17H,6-7,9,11H2,1-5H3/b13-10+. The second-order valence-electron chi connectivity index (χ2n) is 5.43. The molecule has 0 amide bonds. The lowest BCUT2D eigenvalue weighted by Crippen LogP contribution is -2.30. The lowest BCUT2D eigenvalue weighted by molar-refractivity contribution is -0.189. The van der Waals surface area contributed by atoms with Crippen LogP contribution >= 0.6 is 0 Å². The van der Waals surface area contributed by atoms with Gasteiger partial charge in [-0.1, -0.05) is 23.3 Å². The molecule has 0 bridgehead atoms. The summed E-state index contributed by atoms with van der Waals surface area (Å²) in [5.74, 6) is -1.74. The second-order valence-corrected chi connectivity index (χ2v) is 5.43. The summed E-state index contributed by atoms with van der Waals surface area (Å²) >= 11 is 0. The van der Waals surface area contributed by atoms with Gasteiger partial charge >= 0.3 is 18.2 Å². The zero-order valence-electron chi connectivity index (χ0n) is 14.1. The van der Waals surface area contributed by atoms with Gasteiger partial charge in [0.25, 0.3) is 0 Å².